The molecule has 0 aliphatic heterocycles. The molecule has 0 rings (SSSR count). The molecule has 0 N–H and O–H groups in total. The van der Waals surface area contributed by atoms with Crippen LogP contribution in [0.2, 0.25) is 0 Å². The Balaban J connectivity index is 0. The van der Waals surface area contributed by atoms with Crippen molar-refractivity contribution in [2.24, 2.45) is 11.3 Å². The van der Waals surface area contributed by atoms with Crippen molar-refractivity contribution in [1.29, 1.82) is 0 Å². The van der Waals surface area contributed by atoms with Gasteiger partial charge in [0.2, 0.25) is 0 Å². The number of unbranched alkanes of at least 4 members (excludes halogenated alkanes) is 2. The van der Waals surface area contributed by atoms with Crippen LogP contribution in [0.3, 0.4) is 0 Å². The van der Waals surface area contributed by atoms with Crippen LogP contribution in [0.1, 0.15) is 60.3 Å². The summed E-state index contributed by atoms with van der Waals surface area (Å²) >= 11 is 0. The average Bonchev–Trinajstić information content (AvgIpc) is 1.86. The summed E-state index contributed by atoms with van der Waals surface area (Å²) in [6.45, 7) is 11.6. The van der Waals surface area contributed by atoms with Crippen LogP contribution in [0.4, 0.5) is 0 Å². The van der Waals surface area contributed by atoms with E-state index in [2.05, 4.69) is 34.6 Å². The number of hydrogen-bond donors (Lipinski definition) is 0. The summed E-state index contributed by atoms with van der Waals surface area (Å²) in [7, 11) is 0. The zero-order chi connectivity index (χ0) is 8.91. The van der Waals surface area contributed by atoms with E-state index in [1.54, 1.807) is 0 Å². The molecule has 0 aromatic heterocycles. The van der Waals surface area contributed by atoms with E-state index in [-0.39, 0.29) is 18.9 Å². The second-order valence-electron chi connectivity index (χ2n) is 4.76. The normalized spacial score (nSPS) is 13.8. The van der Waals surface area contributed by atoms with E-state index in [1.165, 1.54) is 25.7 Å². The minimum absolute atomic E-state index is 0. The molecule has 0 amide bonds. The Morgan fingerprint density at radius 2 is 1.58 bits per heavy atom. The molecule has 0 bridgehead atoms. The Kier molecular flexibility index (Phi) is 8.86. The van der Waals surface area contributed by atoms with Crippen LogP contribution in [-0.4, -0.2) is 18.9 Å². The number of hydrogen-bond acceptors (Lipinski definition) is 0. The molecule has 0 spiro atoms. The van der Waals surface area contributed by atoms with E-state index in [0.29, 0.717) is 5.41 Å². The van der Waals surface area contributed by atoms with E-state index in [0.717, 1.165) is 5.92 Å². The van der Waals surface area contributed by atoms with Crippen LogP contribution in [0.5, 0.6) is 0 Å². The molecule has 1 heteroatoms. The Bertz CT molecular complexity index is 91.7. The summed E-state index contributed by atoms with van der Waals surface area (Å²) in [5.41, 5.74) is 0.508. The van der Waals surface area contributed by atoms with Crippen molar-refractivity contribution in [3.05, 3.63) is 0 Å². The van der Waals surface area contributed by atoms with Crippen molar-refractivity contribution in [2.75, 3.05) is 0 Å². The molecule has 0 nitrogen and oxygen atoms in total. The molecule has 0 aliphatic carbocycles. The standard InChI is InChI=1S/C11H24.Li/c1-6-7-8-9-10(2)11(3,4)5;/h10H,6-9H2,1-5H3;. The van der Waals surface area contributed by atoms with Gasteiger partial charge in [0.1, 0.15) is 0 Å². The predicted octanol–water partition coefficient (Wildman–Crippen LogP) is 3.87. The first-order valence-electron chi connectivity index (χ1n) is 4.98. The fraction of sp³-hybridized carbons (Fsp3) is 1.00. The summed E-state index contributed by atoms with van der Waals surface area (Å²) in [6, 6.07) is 0. The average molecular weight is 163 g/mol. The fourth-order valence-electron chi connectivity index (χ4n) is 1.13. The molecule has 12 heavy (non-hydrogen) atoms. The van der Waals surface area contributed by atoms with Crippen molar-refractivity contribution in [3.8, 4) is 0 Å². The molecule has 0 heterocycles. The van der Waals surface area contributed by atoms with Gasteiger partial charge in [-0.25, -0.2) is 0 Å². The maximum Gasteiger partial charge on any atom is 0 e. The Hall–Kier alpha value is 0.597. The summed E-state index contributed by atoms with van der Waals surface area (Å²) in [5.74, 6) is 0.869. The third-order valence-corrected chi connectivity index (χ3v) is 2.72. The van der Waals surface area contributed by atoms with E-state index >= 15 is 0 Å². The van der Waals surface area contributed by atoms with Crippen LogP contribution in [0, 0.1) is 11.3 Å². The monoisotopic (exact) mass is 163 g/mol. The molecule has 0 fully saturated rings. The zero-order valence-corrected chi connectivity index (χ0v) is 9.91. The van der Waals surface area contributed by atoms with Crippen molar-refractivity contribution >= 4 is 18.9 Å². The summed E-state index contributed by atoms with van der Waals surface area (Å²) < 4.78 is 0. The molecule has 0 aliphatic rings. The molecular formula is C11H24Li. The zero-order valence-electron chi connectivity index (χ0n) is 9.91. The van der Waals surface area contributed by atoms with Crippen molar-refractivity contribution in [3.63, 3.8) is 0 Å². The summed E-state index contributed by atoms with van der Waals surface area (Å²) in [6.07, 6.45) is 5.56. The van der Waals surface area contributed by atoms with Crippen LogP contribution in [0.25, 0.3) is 0 Å². The minimum Gasteiger partial charge on any atom is -0.0654 e. The maximum absolute atomic E-state index is 2.37. The van der Waals surface area contributed by atoms with Gasteiger partial charge in [-0.3, -0.25) is 0 Å². The SMILES string of the molecule is CCCCCC(C)C(C)(C)C.[Li]. The molecule has 1 radical (unpaired) electrons. The smallest absolute Gasteiger partial charge is 0 e. The molecule has 0 saturated heterocycles. The van der Waals surface area contributed by atoms with E-state index in [9.17, 15) is 0 Å². The second kappa shape index (κ2) is 7.04. The van der Waals surface area contributed by atoms with Gasteiger partial charge in [0, 0.05) is 18.9 Å². The predicted molar refractivity (Wildman–Crippen MR) is 58.5 cm³/mol. The third kappa shape index (κ3) is 7.26. The minimum atomic E-state index is 0. The van der Waals surface area contributed by atoms with Gasteiger partial charge in [-0.15, -0.1) is 0 Å². The molecule has 69 valence electrons. The quantitative estimate of drug-likeness (QED) is 0.436. The third-order valence-electron chi connectivity index (χ3n) is 2.72. The number of rotatable bonds is 4. The van der Waals surface area contributed by atoms with E-state index in [4.69, 9.17) is 0 Å². The topological polar surface area (TPSA) is 0 Å². The second-order valence-corrected chi connectivity index (χ2v) is 4.76. The Morgan fingerprint density at radius 3 is 1.92 bits per heavy atom. The molecular weight excluding hydrogens is 139 g/mol. The van der Waals surface area contributed by atoms with Gasteiger partial charge >= 0.3 is 0 Å². The Morgan fingerprint density at radius 1 is 1.08 bits per heavy atom. The van der Waals surface area contributed by atoms with Gasteiger partial charge in [-0.05, 0) is 11.3 Å². The van der Waals surface area contributed by atoms with Crippen LogP contribution >= 0.6 is 0 Å². The van der Waals surface area contributed by atoms with E-state index in [1.807, 2.05) is 0 Å². The van der Waals surface area contributed by atoms with Gasteiger partial charge in [0.15, 0.2) is 0 Å². The summed E-state index contributed by atoms with van der Waals surface area (Å²) in [5, 5.41) is 0. The van der Waals surface area contributed by atoms with Gasteiger partial charge in [0.05, 0.1) is 0 Å². The molecule has 0 saturated carbocycles. The molecule has 0 aromatic rings. The largest absolute Gasteiger partial charge is 0.0654 e. The summed E-state index contributed by atoms with van der Waals surface area (Å²) in [4.78, 5) is 0. The molecule has 1 atom stereocenters. The first-order chi connectivity index (χ1) is 4.98. The fourth-order valence-corrected chi connectivity index (χ4v) is 1.13. The van der Waals surface area contributed by atoms with Crippen LogP contribution < -0.4 is 0 Å². The molecule has 0 aromatic carbocycles. The van der Waals surface area contributed by atoms with Crippen LogP contribution in [-0.2, 0) is 0 Å². The van der Waals surface area contributed by atoms with Crippen molar-refractivity contribution in [2.45, 2.75) is 60.3 Å². The maximum atomic E-state index is 2.37. The van der Waals surface area contributed by atoms with Crippen LogP contribution in [0.15, 0.2) is 0 Å². The first-order valence-corrected chi connectivity index (χ1v) is 4.98. The van der Waals surface area contributed by atoms with E-state index < -0.39 is 0 Å². The van der Waals surface area contributed by atoms with Gasteiger partial charge in [0.25, 0.3) is 0 Å². The van der Waals surface area contributed by atoms with Crippen molar-refractivity contribution in [1.82, 2.24) is 0 Å². The molecule has 1 unspecified atom stereocenters. The first kappa shape index (κ1) is 15.1. The van der Waals surface area contributed by atoms with Gasteiger partial charge in [-0.1, -0.05) is 60.3 Å². The van der Waals surface area contributed by atoms with Gasteiger partial charge < -0.3 is 0 Å². The van der Waals surface area contributed by atoms with Gasteiger partial charge in [-0.2, -0.15) is 0 Å². The van der Waals surface area contributed by atoms with Crippen molar-refractivity contribution < 1.29 is 0 Å². The Labute approximate surface area is 90.7 Å².